The van der Waals surface area contributed by atoms with Gasteiger partial charge >= 0.3 is 0 Å². The predicted molar refractivity (Wildman–Crippen MR) is 122 cm³/mol. The molecule has 160 valence electrons. The van der Waals surface area contributed by atoms with Gasteiger partial charge in [-0.15, -0.1) is 11.3 Å². The molecule has 1 atom stereocenters. The maximum atomic E-state index is 12.4. The van der Waals surface area contributed by atoms with Gasteiger partial charge in [-0.3, -0.25) is 9.36 Å². The Morgan fingerprint density at radius 1 is 1.06 bits per heavy atom. The van der Waals surface area contributed by atoms with Gasteiger partial charge in [0, 0.05) is 24.8 Å². The van der Waals surface area contributed by atoms with Gasteiger partial charge in [-0.1, -0.05) is 31.2 Å². The summed E-state index contributed by atoms with van der Waals surface area (Å²) in [5.41, 5.74) is 0.965. The van der Waals surface area contributed by atoms with Crippen LogP contribution in [0.1, 0.15) is 23.9 Å². The Balaban J connectivity index is 1.67. The van der Waals surface area contributed by atoms with Crippen molar-refractivity contribution in [1.82, 2.24) is 9.55 Å². The van der Waals surface area contributed by atoms with E-state index in [0.717, 1.165) is 21.5 Å². The van der Waals surface area contributed by atoms with Crippen LogP contribution in [0.3, 0.4) is 0 Å². The van der Waals surface area contributed by atoms with Crippen molar-refractivity contribution in [3.05, 3.63) is 87.1 Å². The summed E-state index contributed by atoms with van der Waals surface area (Å²) in [5, 5.41) is 3.80. The van der Waals surface area contributed by atoms with Crippen LogP contribution >= 0.6 is 11.3 Å². The number of methoxy groups -OCH3 is 2. The summed E-state index contributed by atoms with van der Waals surface area (Å²) in [5.74, 6) is 1.11. The second kappa shape index (κ2) is 8.91. The number of para-hydroxylation sites is 1. The molecule has 0 saturated carbocycles. The fourth-order valence-corrected chi connectivity index (χ4v) is 4.71. The van der Waals surface area contributed by atoms with Gasteiger partial charge in [-0.2, -0.15) is 0 Å². The van der Waals surface area contributed by atoms with Crippen LogP contribution in [0, 0.1) is 0 Å². The zero-order valence-electron chi connectivity index (χ0n) is 17.7. The van der Waals surface area contributed by atoms with Gasteiger partial charge in [0.1, 0.15) is 10.6 Å². The molecule has 2 aromatic carbocycles. The van der Waals surface area contributed by atoms with Gasteiger partial charge in [0.15, 0.2) is 18.2 Å². The van der Waals surface area contributed by atoms with E-state index in [2.05, 4.69) is 11.9 Å². The van der Waals surface area contributed by atoms with E-state index in [-0.39, 0.29) is 12.3 Å². The molecule has 0 saturated heterocycles. The first-order valence-corrected chi connectivity index (χ1v) is 10.9. The molecule has 0 fully saturated rings. The molecule has 31 heavy (non-hydrogen) atoms. The van der Waals surface area contributed by atoms with Crippen LogP contribution < -0.4 is 15.0 Å². The predicted octanol–water partition coefficient (Wildman–Crippen LogP) is 4.80. The molecule has 7 heteroatoms. The fourth-order valence-electron chi connectivity index (χ4n) is 3.80. The van der Waals surface area contributed by atoms with Gasteiger partial charge < -0.3 is 14.2 Å². The lowest BCUT2D eigenvalue weighted by atomic mass is 9.91. The van der Waals surface area contributed by atoms with E-state index in [1.165, 1.54) is 0 Å². The topological polar surface area (TPSA) is 62.6 Å². The quantitative estimate of drug-likeness (QED) is 0.397. The number of aromatic nitrogens is 2. The molecule has 0 spiro atoms. The van der Waals surface area contributed by atoms with Crippen LogP contribution in [0.2, 0.25) is 0 Å². The minimum atomic E-state index is -0.660. The number of thiazole rings is 1. The minimum absolute atomic E-state index is 0.0750. The van der Waals surface area contributed by atoms with Crippen LogP contribution in [-0.4, -0.2) is 23.8 Å². The van der Waals surface area contributed by atoms with Crippen molar-refractivity contribution in [2.45, 2.75) is 25.7 Å². The Labute approximate surface area is 184 Å². The molecule has 0 radical (unpaired) electrons. The van der Waals surface area contributed by atoms with Crippen LogP contribution in [0.5, 0.6) is 11.5 Å². The zero-order chi connectivity index (χ0) is 21.8. The van der Waals surface area contributed by atoms with Crippen molar-refractivity contribution in [2.75, 3.05) is 14.2 Å². The third-order valence-corrected chi connectivity index (χ3v) is 6.42. The zero-order valence-corrected chi connectivity index (χ0v) is 18.5. The minimum Gasteiger partial charge on any atom is -0.493 e. The number of hydrogen-bond donors (Lipinski definition) is 0. The normalized spacial score (nSPS) is 13.1. The number of rotatable bonds is 8. The summed E-state index contributed by atoms with van der Waals surface area (Å²) in [6, 6.07) is 16.8. The van der Waals surface area contributed by atoms with E-state index in [4.69, 9.17) is 14.2 Å². The van der Waals surface area contributed by atoms with Gasteiger partial charge in [0.2, 0.25) is 0 Å². The van der Waals surface area contributed by atoms with Gasteiger partial charge in [-0.05, 0) is 41.6 Å². The molecule has 0 bridgehead atoms. The molecule has 4 rings (SSSR count). The van der Waals surface area contributed by atoms with Gasteiger partial charge in [0.25, 0.3) is 5.56 Å². The summed E-state index contributed by atoms with van der Waals surface area (Å²) in [6.07, 6.45) is 2.49. The molecule has 0 amide bonds. The third kappa shape index (κ3) is 3.82. The Hall–Kier alpha value is -3.16. The number of nitrogens with zero attached hydrogens (tertiary/aromatic N) is 2. The van der Waals surface area contributed by atoms with Crippen LogP contribution in [0.25, 0.3) is 10.9 Å². The highest BCUT2D eigenvalue weighted by Gasteiger charge is 2.35. The van der Waals surface area contributed by atoms with Gasteiger partial charge in [0.05, 0.1) is 12.6 Å². The highest BCUT2D eigenvalue weighted by molar-refractivity contribution is 7.09. The van der Waals surface area contributed by atoms with E-state index >= 15 is 0 Å². The first kappa shape index (κ1) is 21.1. The summed E-state index contributed by atoms with van der Waals surface area (Å²) in [6.45, 7) is 2.14. The first-order chi connectivity index (χ1) is 15.1. The average molecular weight is 437 g/mol. The summed E-state index contributed by atoms with van der Waals surface area (Å²) in [7, 11) is 3.29. The van der Waals surface area contributed by atoms with Crippen molar-refractivity contribution in [1.29, 1.82) is 0 Å². The lowest BCUT2D eigenvalue weighted by Gasteiger charge is -2.30. The number of pyridine rings is 1. The lowest BCUT2D eigenvalue weighted by molar-refractivity contribution is 0.0182. The monoisotopic (exact) mass is 436 g/mol. The SMILES string of the molecule is CCC(OC)(c1ccc(OCn2c(=O)ccc3ccccc32)c(OC)c1)c1nccs1. The standard InChI is InChI=1S/C24H24N2O4S/c1-4-24(29-3,23-25-13-14-31-23)18-10-11-20(21(15-18)28-2)30-16-26-19-8-6-5-7-17(19)9-12-22(26)27/h5-15H,4,16H2,1-3H3. The molecule has 1 unspecified atom stereocenters. The molecular weight excluding hydrogens is 412 g/mol. The van der Waals surface area contributed by atoms with Crippen LogP contribution in [0.4, 0.5) is 0 Å². The van der Waals surface area contributed by atoms with Crippen molar-refractivity contribution >= 4 is 22.2 Å². The smallest absolute Gasteiger partial charge is 0.253 e. The molecule has 6 nitrogen and oxygen atoms in total. The number of ether oxygens (including phenoxy) is 3. The van der Waals surface area contributed by atoms with E-state index in [0.29, 0.717) is 17.9 Å². The Morgan fingerprint density at radius 3 is 2.61 bits per heavy atom. The molecule has 0 N–H and O–H groups in total. The summed E-state index contributed by atoms with van der Waals surface area (Å²) >= 11 is 1.56. The third-order valence-electron chi connectivity index (χ3n) is 5.50. The second-order valence-corrected chi connectivity index (χ2v) is 7.91. The fraction of sp³-hybridized carbons (Fsp3) is 0.250. The molecular formula is C24H24N2O4S. The molecule has 2 aromatic heterocycles. The maximum absolute atomic E-state index is 12.4. The highest BCUT2D eigenvalue weighted by atomic mass is 32.1. The summed E-state index contributed by atoms with van der Waals surface area (Å²) < 4.78 is 19.2. The van der Waals surface area contributed by atoms with Crippen molar-refractivity contribution in [2.24, 2.45) is 0 Å². The van der Waals surface area contributed by atoms with E-state index in [1.807, 2.05) is 53.9 Å². The lowest BCUT2D eigenvalue weighted by Crippen LogP contribution is -2.29. The Morgan fingerprint density at radius 2 is 1.90 bits per heavy atom. The second-order valence-electron chi connectivity index (χ2n) is 7.02. The van der Waals surface area contributed by atoms with Crippen LogP contribution in [0.15, 0.2) is 71.0 Å². The Bertz CT molecular complexity index is 1230. The van der Waals surface area contributed by atoms with E-state index in [9.17, 15) is 4.79 Å². The first-order valence-electron chi connectivity index (χ1n) is 9.98. The van der Waals surface area contributed by atoms with E-state index < -0.39 is 5.60 Å². The number of hydrogen-bond acceptors (Lipinski definition) is 6. The van der Waals surface area contributed by atoms with Crippen molar-refractivity contribution in [3.8, 4) is 11.5 Å². The molecule has 2 heterocycles. The highest BCUT2D eigenvalue weighted by Crippen LogP contribution is 2.41. The number of fused-ring (bicyclic) bond motifs is 1. The molecule has 0 aliphatic heterocycles. The van der Waals surface area contributed by atoms with Crippen molar-refractivity contribution < 1.29 is 14.2 Å². The largest absolute Gasteiger partial charge is 0.493 e. The number of benzene rings is 2. The molecule has 4 aromatic rings. The van der Waals surface area contributed by atoms with Crippen LogP contribution in [-0.2, 0) is 17.1 Å². The Kier molecular flexibility index (Phi) is 6.06. The average Bonchev–Trinajstić information content (AvgIpc) is 3.35. The van der Waals surface area contributed by atoms with Gasteiger partial charge in [-0.25, -0.2) is 4.98 Å². The maximum Gasteiger partial charge on any atom is 0.253 e. The van der Waals surface area contributed by atoms with E-state index in [1.54, 1.807) is 42.4 Å². The molecule has 0 aliphatic rings. The molecule has 0 aliphatic carbocycles. The summed E-state index contributed by atoms with van der Waals surface area (Å²) in [4.78, 5) is 16.9. The van der Waals surface area contributed by atoms with Crippen molar-refractivity contribution in [3.63, 3.8) is 0 Å².